The summed E-state index contributed by atoms with van der Waals surface area (Å²) < 4.78 is 6.89. The topological polar surface area (TPSA) is 78.8 Å². The van der Waals surface area contributed by atoms with Crippen molar-refractivity contribution in [3.05, 3.63) is 33.7 Å². The van der Waals surface area contributed by atoms with E-state index in [-0.39, 0.29) is 18.7 Å². The number of amides is 2. The predicted octanol–water partition coefficient (Wildman–Crippen LogP) is 3.01. The Hall–Kier alpha value is -1.23. The van der Waals surface area contributed by atoms with Gasteiger partial charge in [0.1, 0.15) is 5.75 Å². The van der Waals surface area contributed by atoms with Crippen molar-refractivity contribution >= 4 is 54.4 Å². The summed E-state index contributed by atoms with van der Waals surface area (Å²) >= 11 is 8.02. The van der Waals surface area contributed by atoms with Crippen LogP contribution in [0.3, 0.4) is 0 Å². The number of likely N-dealkylation sites (N-methyl/N-ethyl adjacent to an activating group) is 1. The van der Waals surface area contributed by atoms with Gasteiger partial charge in [-0.15, -0.1) is 10.2 Å². The van der Waals surface area contributed by atoms with E-state index in [1.165, 1.54) is 21.1 Å². The molecule has 2 amide bonds. The molecule has 0 aliphatic carbocycles. The van der Waals surface area contributed by atoms with Gasteiger partial charge in [0.25, 0.3) is 0 Å². The van der Waals surface area contributed by atoms with Gasteiger partial charge in [-0.3, -0.25) is 0 Å². The summed E-state index contributed by atoms with van der Waals surface area (Å²) in [5, 5.41) is 19.7. The van der Waals surface area contributed by atoms with Crippen molar-refractivity contribution in [2.45, 2.75) is 12.3 Å². The first-order valence-corrected chi connectivity index (χ1v) is 9.76. The van der Waals surface area contributed by atoms with Crippen LogP contribution in [0, 0.1) is 0 Å². The summed E-state index contributed by atoms with van der Waals surface area (Å²) in [7, 11) is 1.63. The van der Waals surface area contributed by atoms with Crippen LogP contribution in [0.25, 0.3) is 0 Å². The van der Waals surface area contributed by atoms with Crippen LogP contribution in [0.4, 0.5) is 9.93 Å². The minimum atomic E-state index is -0.918. The normalized spacial score (nSPS) is 19.0. The van der Waals surface area contributed by atoms with E-state index in [4.69, 9.17) is 4.74 Å². The molecule has 24 heavy (non-hydrogen) atoms. The van der Waals surface area contributed by atoms with Gasteiger partial charge in [0.05, 0.1) is 6.54 Å². The van der Waals surface area contributed by atoms with E-state index in [2.05, 4.69) is 42.1 Å². The number of benzene rings is 1. The van der Waals surface area contributed by atoms with E-state index < -0.39 is 6.23 Å². The maximum absolute atomic E-state index is 12.1. The van der Waals surface area contributed by atoms with Gasteiger partial charge in [-0.25, -0.2) is 9.69 Å². The molecule has 0 bridgehead atoms. The molecular weight excluding hydrogens is 464 g/mol. The maximum Gasteiger partial charge on any atom is 0.328 e. The van der Waals surface area contributed by atoms with Crippen LogP contribution < -0.4 is 9.64 Å². The molecule has 2 aromatic rings. The predicted molar refractivity (Wildman–Crippen MR) is 97.7 cm³/mol. The molecular formula is C14H14Br2N4O3S. The number of hydrogen-bond acceptors (Lipinski definition) is 6. The van der Waals surface area contributed by atoms with Gasteiger partial charge in [-0.05, 0) is 24.3 Å². The Bertz CT molecular complexity index is 727. The van der Waals surface area contributed by atoms with Gasteiger partial charge in [-0.2, -0.15) is 0 Å². The number of halogens is 2. The highest BCUT2D eigenvalue weighted by Gasteiger charge is 2.37. The molecule has 2 heterocycles. The van der Waals surface area contributed by atoms with Crippen LogP contribution in [0.1, 0.15) is 11.1 Å². The lowest BCUT2D eigenvalue weighted by Crippen LogP contribution is -2.34. The van der Waals surface area contributed by atoms with Crippen molar-refractivity contribution in [3.63, 3.8) is 0 Å². The molecule has 1 fully saturated rings. The minimum absolute atomic E-state index is 0.241. The molecule has 10 heteroatoms. The summed E-state index contributed by atoms with van der Waals surface area (Å²) in [6.45, 7) is 0.241. The van der Waals surface area contributed by atoms with Gasteiger partial charge in [-0.1, -0.05) is 43.2 Å². The van der Waals surface area contributed by atoms with Crippen LogP contribution in [0.15, 0.2) is 28.7 Å². The number of ether oxygens (including phenoxy) is 1. The van der Waals surface area contributed by atoms with Crippen molar-refractivity contribution in [2.24, 2.45) is 0 Å². The lowest BCUT2D eigenvalue weighted by Gasteiger charge is -2.15. The van der Waals surface area contributed by atoms with Crippen LogP contribution in [-0.4, -0.2) is 51.4 Å². The monoisotopic (exact) mass is 476 g/mol. The van der Waals surface area contributed by atoms with Crippen LogP contribution in [-0.2, 0) is 0 Å². The van der Waals surface area contributed by atoms with E-state index in [1.807, 2.05) is 24.3 Å². The number of nitrogens with zero attached hydrogens (tertiary/aromatic N) is 4. The fraction of sp³-hybridized carbons (Fsp3) is 0.357. The molecule has 128 valence electrons. The van der Waals surface area contributed by atoms with E-state index in [0.717, 1.165) is 4.47 Å². The van der Waals surface area contributed by atoms with Gasteiger partial charge in [0.2, 0.25) is 5.13 Å². The number of anilines is 1. The fourth-order valence-electron chi connectivity index (χ4n) is 2.20. The molecule has 1 aliphatic rings. The Labute approximate surface area is 159 Å². The van der Waals surface area contributed by atoms with Gasteiger partial charge < -0.3 is 14.7 Å². The number of carbonyl (C=O) groups is 1. The molecule has 0 saturated carbocycles. The first-order chi connectivity index (χ1) is 11.5. The minimum Gasteiger partial charge on any atom is -0.482 e. The Morgan fingerprint density at radius 2 is 2.12 bits per heavy atom. The Morgan fingerprint density at radius 1 is 1.42 bits per heavy atom. The molecule has 2 unspecified atom stereocenters. The molecule has 1 aliphatic heterocycles. The largest absolute Gasteiger partial charge is 0.482 e. The first-order valence-electron chi connectivity index (χ1n) is 7.03. The number of aromatic nitrogens is 2. The highest BCUT2D eigenvalue weighted by Crippen LogP contribution is 2.32. The molecule has 7 nitrogen and oxygen atoms in total. The number of carbonyl (C=O) groups excluding carboxylic acids is 1. The second kappa shape index (κ2) is 7.34. The zero-order valence-electron chi connectivity index (χ0n) is 12.6. The van der Waals surface area contributed by atoms with E-state index >= 15 is 0 Å². The van der Waals surface area contributed by atoms with E-state index in [9.17, 15) is 9.90 Å². The molecule has 2 atom stereocenters. The molecule has 0 spiro atoms. The summed E-state index contributed by atoms with van der Waals surface area (Å²) in [6.07, 6.45) is -1.26. The number of alkyl halides is 1. The van der Waals surface area contributed by atoms with Crippen molar-refractivity contribution in [3.8, 4) is 5.75 Å². The fourth-order valence-corrected chi connectivity index (χ4v) is 4.03. The van der Waals surface area contributed by atoms with Gasteiger partial charge in [0.15, 0.2) is 17.3 Å². The quantitative estimate of drug-likeness (QED) is 0.669. The molecule has 1 aromatic carbocycles. The highest BCUT2D eigenvalue weighted by atomic mass is 79.9. The number of aliphatic hydroxyl groups is 1. The SMILES string of the molecule is CN1CC(O)N(c2nnc(C(CBr)Oc3ccc(Br)cc3)s2)C1=O. The van der Waals surface area contributed by atoms with E-state index in [1.54, 1.807) is 7.05 Å². The van der Waals surface area contributed by atoms with Crippen LogP contribution in [0.2, 0.25) is 0 Å². The highest BCUT2D eigenvalue weighted by molar-refractivity contribution is 9.10. The Balaban J connectivity index is 1.78. The zero-order chi connectivity index (χ0) is 17.3. The molecule has 0 radical (unpaired) electrons. The third-order valence-corrected chi connectivity index (χ3v) is 5.54. The smallest absolute Gasteiger partial charge is 0.328 e. The summed E-state index contributed by atoms with van der Waals surface area (Å²) in [4.78, 5) is 14.8. The van der Waals surface area contributed by atoms with Crippen molar-refractivity contribution < 1.29 is 14.6 Å². The van der Waals surface area contributed by atoms with Crippen molar-refractivity contribution in [1.82, 2.24) is 15.1 Å². The Kier molecular flexibility index (Phi) is 5.38. The average Bonchev–Trinajstić information content (AvgIpc) is 3.12. The third kappa shape index (κ3) is 3.56. The number of β-amino-alcohol motifs (C(OH)–C–C–N with tert-alkyl or cyclic N) is 1. The lowest BCUT2D eigenvalue weighted by molar-refractivity contribution is 0.183. The second-order valence-electron chi connectivity index (χ2n) is 5.15. The van der Waals surface area contributed by atoms with Gasteiger partial charge >= 0.3 is 6.03 Å². The van der Waals surface area contributed by atoms with Crippen LogP contribution >= 0.6 is 43.2 Å². The third-order valence-electron chi connectivity index (χ3n) is 3.41. The Morgan fingerprint density at radius 3 is 2.71 bits per heavy atom. The standard InChI is InChI=1S/C14H14Br2N4O3S/c1-19-7-11(21)20(14(19)22)13-18-17-12(24-13)10(6-15)23-9-4-2-8(16)3-5-9/h2-5,10-11,21H,6-7H2,1H3. The summed E-state index contributed by atoms with van der Waals surface area (Å²) in [5.41, 5.74) is 0. The van der Waals surface area contributed by atoms with Crippen molar-refractivity contribution in [1.29, 1.82) is 0 Å². The van der Waals surface area contributed by atoms with E-state index in [0.29, 0.717) is 21.2 Å². The van der Waals surface area contributed by atoms with Crippen molar-refractivity contribution in [2.75, 3.05) is 23.8 Å². The average molecular weight is 478 g/mol. The number of aliphatic hydroxyl groups excluding tert-OH is 1. The first kappa shape index (κ1) is 17.6. The lowest BCUT2D eigenvalue weighted by atomic mass is 10.3. The number of urea groups is 1. The molecule has 1 N–H and O–H groups in total. The molecule has 1 aromatic heterocycles. The molecule has 3 rings (SSSR count). The number of hydrogen-bond donors (Lipinski definition) is 1. The summed E-state index contributed by atoms with van der Waals surface area (Å²) in [6, 6.07) is 7.19. The summed E-state index contributed by atoms with van der Waals surface area (Å²) in [5.74, 6) is 0.705. The number of rotatable bonds is 5. The second-order valence-corrected chi connectivity index (χ2v) is 7.70. The molecule has 1 saturated heterocycles. The van der Waals surface area contributed by atoms with Crippen LogP contribution in [0.5, 0.6) is 5.75 Å². The zero-order valence-corrected chi connectivity index (χ0v) is 16.6. The maximum atomic E-state index is 12.1. The van der Waals surface area contributed by atoms with Gasteiger partial charge in [0, 0.05) is 16.9 Å².